The van der Waals surface area contributed by atoms with Gasteiger partial charge in [-0.2, -0.15) is 0 Å². The largest absolute Gasteiger partial charge is 0.486 e. The molecule has 0 bridgehead atoms. The van der Waals surface area contributed by atoms with E-state index in [1.54, 1.807) is 0 Å². The minimum Gasteiger partial charge on any atom is -0.486 e. The number of benzene rings is 1. The number of carbonyl (C=O) groups is 1. The second kappa shape index (κ2) is 6.38. The van der Waals surface area contributed by atoms with Crippen molar-refractivity contribution in [3.05, 3.63) is 35.9 Å². The Morgan fingerprint density at radius 3 is 3.04 bits per heavy atom. The first kappa shape index (κ1) is 14.8. The van der Waals surface area contributed by atoms with Gasteiger partial charge in [0.05, 0.1) is 13.1 Å². The summed E-state index contributed by atoms with van der Waals surface area (Å²) in [6.45, 7) is 2.07. The van der Waals surface area contributed by atoms with Crippen LogP contribution in [0.1, 0.15) is 18.1 Å². The fourth-order valence-corrected chi connectivity index (χ4v) is 2.93. The summed E-state index contributed by atoms with van der Waals surface area (Å²) in [5.41, 5.74) is 0. The Kier molecular flexibility index (Phi) is 3.94. The van der Waals surface area contributed by atoms with Crippen molar-refractivity contribution >= 4 is 6.03 Å². The zero-order chi connectivity index (χ0) is 16.4. The van der Waals surface area contributed by atoms with Crippen LogP contribution in [0.4, 0.5) is 4.79 Å². The van der Waals surface area contributed by atoms with E-state index in [2.05, 4.69) is 25.4 Å². The van der Waals surface area contributed by atoms with Crippen molar-refractivity contribution in [2.24, 2.45) is 0 Å². The van der Waals surface area contributed by atoms with Crippen molar-refractivity contribution in [1.29, 1.82) is 0 Å². The van der Waals surface area contributed by atoms with Gasteiger partial charge < -0.3 is 24.7 Å². The van der Waals surface area contributed by atoms with Gasteiger partial charge in [-0.3, -0.25) is 0 Å². The molecule has 126 valence electrons. The van der Waals surface area contributed by atoms with E-state index in [0.29, 0.717) is 25.4 Å². The molecule has 2 aromatic rings. The van der Waals surface area contributed by atoms with Crippen molar-refractivity contribution in [3.8, 4) is 11.5 Å². The van der Waals surface area contributed by atoms with Crippen LogP contribution in [-0.4, -0.2) is 40.1 Å². The number of fused-ring (bicyclic) bond motifs is 2. The molecule has 8 nitrogen and oxygen atoms in total. The third-order valence-electron chi connectivity index (χ3n) is 4.15. The van der Waals surface area contributed by atoms with Crippen LogP contribution in [0.15, 0.2) is 24.3 Å². The molecule has 0 radical (unpaired) electrons. The average molecular weight is 329 g/mol. The Labute approximate surface area is 139 Å². The Morgan fingerprint density at radius 2 is 2.12 bits per heavy atom. The van der Waals surface area contributed by atoms with Crippen LogP contribution in [0.3, 0.4) is 0 Å². The highest BCUT2D eigenvalue weighted by Gasteiger charge is 2.21. The average Bonchev–Trinajstić information content (AvgIpc) is 3.22. The number of nitrogens with one attached hydrogen (secondary N) is 2. The first-order chi connectivity index (χ1) is 11.8. The van der Waals surface area contributed by atoms with Crippen LogP contribution in [0.5, 0.6) is 11.5 Å². The van der Waals surface area contributed by atoms with Gasteiger partial charge in [0.2, 0.25) is 0 Å². The maximum atomic E-state index is 12.0. The number of amides is 2. The minimum absolute atomic E-state index is 0.206. The van der Waals surface area contributed by atoms with Gasteiger partial charge in [-0.05, 0) is 18.6 Å². The number of aromatic nitrogens is 3. The highest BCUT2D eigenvalue weighted by atomic mass is 16.6. The molecule has 0 aliphatic carbocycles. The van der Waals surface area contributed by atoms with Crippen LogP contribution >= 0.6 is 0 Å². The first-order valence-electron chi connectivity index (χ1n) is 8.11. The lowest BCUT2D eigenvalue weighted by Crippen LogP contribution is -2.44. The van der Waals surface area contributed by atoms with Gasteiger partial charge in [-0.25, -0.2) is 4.79 Å². The van der Waals surface area contributed by atoms with Gasteiger partial charge in [0.1, 0.15) is 12.4 Å². The molecule has 1 aromatic heterocycles. The molecule has 4 rings (SSSR count). The van der Waals surface area contributed by atoms with Crippen molar-refractivity contribution in [3.63, 3.8) is 0 Å². The predicted molar refractivity (Wildman–Crippen MR) is 84.9 cm³/mol. The standard InChI is InChI=1S/C16H19N5O3/c22-16(18-9-15-20-19-14-6-3-7-21(14)15)17-8-11-10-23-12-4-1-2-5-13(12)24-11/h1-2,4-5,11H,3,6-10H2,(H2,17,18,22). The highest BCUT2D eigenvalue weighted by molar-refractivity contribution is 5.73. The fraction of sp³-hybridized carbons (Fsp3) is 0.438. The monoisotopic (exact) mass is 329 g/mol. The first-order valence-corrected chi connectivity index (χ1v) is 8.11. The quantitative estimate of drug-likeness (QED) is 0.868. The van der Waals surface area contributed by atoms with E-state index in [4.69, 9.17) is 9.47 Å². The number of nitrogens with zero attached hydrogens (tertiary/aromatic N) is 3. The lowest BCUT2D eigenvalue weighted by molar-refractivity contribution is 0.0918. The van der Waals surface area contributed by atoms with E-state index in [0.717, 1.165) is 36.8 Å². The molecule has 2 aliphatic rings. The zero-order valence-electron chi connectivity index (χ0n) is 13.2. The van der Waals surface area contributed by atoms with Crippen molar-refractivity contribution in [1.82, 2.24) is 25.4 Å². The van der Waals surface area contributed by atoms with E-state index in [-0.39, 0.29) is 12.1 Å². The van der Waals surface area contributed by atoms with Crippen LogP contribution in [0, 0.1) is 0 Å². The number of ether oxygens (including phenoxy) is 2. The minimum atomic E-state index is -0.257. The molecule has 0 saturated carbocycles. The molecule has 2 amide bonds. The number of hydrogen-bond acceptors (Lipinski definition) is 5. The van der Waals surface area contributed by atoms with E-state index >= 15 is 0 Å². The van der Waals surface area contributed by atoms with Gasteiger partial charge in [0.25, 0.3) is 0 Å². The number of hydrogen-bond donors (Lipinski definition) is 2. The fourth-order valence-electron chi connectivity index (χ4n) is 2.93. The molecular weight excluding hydrogens is 310 g/mol. The Morgan fingerprint density at radius 1 is 1.25 bits per heavy atom. The van der Waals surface area contributed by atoms with E-state index in [1.807, 2.05) is 24.3 Å². The molecule has 0 saturated heterocycles. The summed E-state index contributed by atoms with van der Waals surface area (Å²) in [5, 5.41) is 13.8. The van der Waals surface area contributed by atoms with E-state index in [9.17, 15) is 4.79 Å². The van der Waals surface area contributed by atoms with Crippen LogP contribution in [0.2, 0.25) is 0 Å². The molecule has 0 spiro atoms. The molecule has 0 fully saturated rings. The Hall–Kier alpha value is -2.77. The summed E-state index contributed by atoms with van der Waals surface area (Å²) in [6, 6.07) is 7.25. The Balaban J connectivity index is 1.24. The van der Waals surface area contributed by atoms with Crippen molar-refractivity contribution in [2.45, 2.75) is 32.0 Å². The third kappa shape index (κ3) is 2.99. The summed E-state index contributed by atoms with van der Waals surface area (Å²) in [7, 11) is 0. The predicted octanol–water partition coefficient (Wildman–Crippen LogP) is 0.863. The normalized spacial score (nSPS) is 18.1. The highest BCUT2D eigenvalue weighted by Crippen LogP contribution is 2.30. The summed E-state index contributed by atoms with van der Waals surface area (Å²) in [5.74, 6) is 3.23. The number of rotatable bonds is 4. The number of aryl methyl sites for hydroxylation is 1. The molecular formula is C16H19N5O3. The third-order valence-corrected chi connectivity index (χ3v) is 4.15. The molecule has 1 aromatic carbocycles. The van der Waals surface area contributed by atoms with Gasteiger partial charge in [-0.15, -0.1) is 10.2 Å². The van der Waals surface area contributed by atoms with Gasteiger partial charge in [-0.1, -0.05) is 12.1 Å². The van der Waals surface area contributed by atoms with Gasteiger partial charge in [0, 0.05) is 13.0 Å². The topological polar surface area (TPSA) is 90.3 Å². The SMILES string of the molecule is O=C(NCc1nnc2n1CCC2)NCC1COc2ccccc2O1. The zero-order valence-corrected chi connectivity index (χ0v) is 13.2. The van der Waals surface area contributed by atoms with E-state index in [1.165, 1.54) is 0 Å². The molecule has 8 heteroatoms. The summed E-state index contributed by atoms with van der Waals surface area (Å²) in [6.07, 6.45) is 1.84. The smallest absolute Gasteiger partial charge is 0.315 e. The number of para-hydroxylation sites is 2. The maximum Gasteiger partial charge on any atom is 0.315 e. The lowest BCUT2D eigenvalue weighted by atomic mass is 10.2. The molecule has 3 heterocycles. The lowest BCUT2D eigenvalue weighted by Gasteiger charge is -2.26. The maximum absolute atomic E-state index is 12.0. The second-order valence-electron chi connectivity index (χ2n) is 5.85. The van der Waals surface area contributed by atoms with Crippen LogP contribution < -0.4 is 20.1 Å². The molecule has 24 heavy (non-hydrogen) atoms. The molecule has 1 atom stereocenters. The number of carbonyl (C=O) groups excluding carboxylic acids is 1. The molecule has 2 N–H and O–H groups in total. The molecule has 2 aliphatic heterocycles. The van der Waals surface area contributed by atoms with Gasteiger partial charge >= 0.3 is 6.03 Å². The summed E-state index contributed by atoms with van der Waals surface area (Å²) in [4.78, 5) is 12.0. The van der Waals surface area contributed by atoms with E-state index < -0.39 is 0 Å². The second-order valence-corrected chi connectivity index (χ2v) is 5.85. The van der Waals surface area contributed by atoms with Crippen LogP contribution in [0.25, 0.3) is 0 Å². The van der Waals surface area contributed by atoms with Crippen LogP contribution in [-0.2, 0) is 19.5 Å². The Bertz CT molecular complexity index is 745. The van der Waals surface area contributed by atoms with Crippen molar-refractivity contribution < 1.29 is 14.3 Å². The summed E-state index contributed by atoms with van der Waals surface area (Å²) >= 11 is 0. The van der Waals surface area contributed by atoms with Gasteiger partial charge in [0.15, 0.2) is 23.4 Å². The van der Waals surface area contributed by atoms with Crippen molar-refractivity contribution in [2.75, 3.05) is 13.2 Å². The number of urea groups is 1. The molecule has 1 unspecified atom stereocenters. The summed E-state index contributed by atoms with van der Waals surface area (Å²) < 4.78 is 13.5.